The highest BCUT2D eigenvalue weighted by atomic mass is 16.5. The van der Waals surface area contributed by atoms with E-state index in [1.807, 2.05) is 0 Å². The number of nitrogens with one attached hydrogen (secondary N) is 2. The summed E-state index contributed by atoms with van der Waals surface area (Å²) in [5.41, 5.74) is 0. The molecule has 1 amide bonds. The highest BCUT2D eigenvalue weighted by Gasteiger charge is 2.23. The van der Waals surface area contributed by atoms with Crippen LogP contribution in [0.2, 0.25) is 0 Å². The summed E-state index contributed by atoms with van der Waals surface area (Å²) in [5, 5.41) is 6.06. The number of rotatable bonds is 8. The maximum absolute atomic E-state index is 11.2. The maximum Gasteiger partial charge on any atom is 0.220 e. The number of methoxy groups -OCH3 is 1. The summed E-state index contributed by atoms with van der Waals surface area (Å²) in [7, 11) is 1.68. The van der Waals surface area contributed by atoms with Gasteiger partial charge in [0.2, 0.25) is 5.91 Å². The summed E-state index contributed by atoms with van der Waals surface area (Å²) < 4.78 is 4.88. The van der Waals surface area contributed by atoms with Crippen LogP contribution in [0.1, 0.15) is 19.3 Å². The molecule has 1 rings (SSSR count). The molecule has 82 valence electrons. The number of amides is 1. The predicted octanol–water partition coefficient (Wildman–Crippen LogP) is 0.139. The lowest BCUT2D eigenvalue weighted by molar-refractivity contribution is -0.121. The summed E-state index contributed by atoms with van der Waals surface area (Å²) in [6.45, 7) is 3.10. The van der Waals surface area contributed by atoms with Crippen LogP contribution in [-0.4, -0.2) is 39.3 Å². The minimum atomic E-state index is 0.195. The Bertz CT molecular complexity index is 170. The molecule has 1 aliphatic rings. The van der Waals surface area contributed by atoms with Gasteiger partial charge in [-0.1, -0.05) is 0 Å². The van der Waals surface area contributed by atoms with Crippen LogP contribution < -0.4 is 10.6 Å². The Morgan fingerprint density at radius 1 is 1.36 bits per heavy atom. The maximum atomic E-state index is 11.2. The van der Waals surface area contributed by atoms with Gasteiger partial charge in [-0.05, 0) is 18.8 Å². The van der Waals surface area contributed by atoms with Crippen molar-refractivity contribution in [3.63, 3.8) is 0 Å². The monoisotopic (exact) mass is 200 g/mol. The molecule has 2 N–H and O–H groups in total. The molecule has 0 bridgehead atoms. The standard InChI is InChI=1S/C10H20N2O2/c1-14-7-6-11-4-5-12-10(13)8-9-2-3-9/h9,11H,2-8H2,1H3,(H,12,13). The summed E-state index contributed by atoms with van der Waals surface area (Å²) in [6.07, 6.45) is 3.19. The SMILES string of the molecule is COCCNCCNC(=O)CC1CC1. The van der Waals surface area contributed by atoms with Gasteiger partial charge in [-0.3, -0.25) is 4.79 Å². The van der Waals surface area contributed by atoms with Gasteiger partial charge in [0.05, 0.1) is 6.61 Å². The van der Waals surface area contributed by atoms with E-state index in [9.17, 15) is 4.79 Å². The molecule has 0 aromatic carbocycles. The van der Waals surface area contributed by atoms with Crippen molar-refractivity contribution in [1.82, 2.24) is 10.6 Å². The zero-order valence-corrected chi connectivity index (χ0v) is 8.84. The first-order chi connectivity index (χ1) is 6.83. The zero-order chi connectivity index (χ0) is 10.2. The molecule has 0 aromatic rings. The second kappa shape index (κ2) is 6.79. The van der Waals surface area contributed by atoms with Crippen molar-refractivity contribution in [1.29, 1.82) is 0 Å². The Morgan fingerprint density at radius 2 is 2.14 bits per heavy atom. The van der Waals surface area contributed by atoms with Gasteiger partial charge < -0.3 is 15.4 Å². The van der Waals surface area contributed by atoms with Gasteiger partial charge in [0.1, 0.15) is 0 Å². The van der Waals surface area contributed by atoms with Gasteiger partial charge in [-0.2, -0.15) is 0 Å². The first kappa shape index (κ1) is 11.5. The molecular weight excluding hydrogens is 180 g/mol. The van der Waals surface area contributed by atoms with Crippen molar-refractivity contribution in [2.75, 3.05) is 33.4 Å². The third-order valence-corrected chi connectivity index (χ3v) is 2.28. The number of carbonyl (C=O) groups excluding carboxylic acids is 1. The molecule has 4 heteroatoms. The van der Waals surface area contributed by atoms with Crippen LogP contribution in [-0.2, 0) is 9.53 Å². The molecule has 0 aliphatic heterocycles. The molecule has 0 atom stereocenters. The third-order valence-electron chi connectivity index (χ3n) is 2.28. The van der Waals surface area contributed by atoms with Crippen LogP contribution in [0.4, 0.5) is 0 Å². The zero-order valence-electron chi connectivity index (χ0n) is 8.84. The Hall–Kier alpha value is -0.610. The largest absolute Gasteiger partial charge is 0.383 e. The van der Waals surface area contributed by atoms with Gasteiger partial charge in [0.15, 0.2) is 0 Å². The first-order valence-electron chi connectivity index (χ1n) is 5.29. The minimum Gasteiger partial charge on any atom is -0.383 e. The van der Waals surface area contributed by atoms with Crippen molar-refractivity contribution in [3.05, 3.63) is 0 Å². The van der Waals surface area contributed by atoms with Crippen LogP contribution in [0.3, 0.4) is 0 Å². The van der Waals surface area contributed by atoms with Crippen molar-refractivity contribution >= 4 is 5.91 Å². The van der Waals surface area contributed by atoms with Gasteiger partial charge in [-0.15, -0.1) is 0 Å². The van der Waals surface area contributed by atoms with Gasteiger partial charge >= 0.3 is 0 Å². The van der Waals surface area contributed by atoms with E-state index in [1.165, 1.54) is 12.8 Å². The average Bonchev–Trinajstić information content (AvgIpc) is 2.95. The van der Waals surface area contributed by atoms with Crippen LogP contribution in [0, 0.1) is 5.92 Å². The van der Waals surface area contributed by atoms with Gasteiger partial charge in [0, 0.05) is 33.2 Å². The Kier molecular flexibility index (Phi) is 5.56. The van der Waals surface area contributed by atoms with E-state index >= 15 is 0 Å². The highest BCUT2D eigenvalue weighted by Crippen LogP contribution is 2.31. The van der Waals surface area contributed by atoms with Gasteiger partial charge in [-0.25, -0.2) is 0 Å². The molecule has 0 aromatic heterocycles. The van der Waals surface area contributed by atoms with Crippen molar-refractivity contribution in [2.24, 2.45) is 5.92 Å². The van der Waals surface area contributed by atoms with E-state index < -0.39 is 0 Å². The number of hydrogen-bond donors (Lipinski definition) is 2. The lowest BCUT2D eigenvalue weighted by Gasteiger charge is -2.05. The molecule has 1 saturated carbocycles. The quantitative estimate of drug-likeness (QED) is 0.548. The van der Waals surface area contributed by atoms with E-state index in [2.05, 4.69) is 10.6 Å². The second-order valence-electron chi connectivity index (χ2n) is 3.74. The Balaban J connectivity index is 1.80. The van der Waals surface area contributed by atoms with E-state index in [0.717, 1.165) is 32.7 Å². The molecule has 14 heavy (non-hydrogen) atoms. The lowest BCUT2D eigenvalue weighted by Crippen LogP contribution is -2.33. The van der Waals surface area contributed by atoms with Crippen LogP contribution in [0.25, 0.3) is 0 Å². The molecule has 1 fully saturated rings. The highest BCUT2D eigenvalue weighted by molar-refractivity contribution is 5.76. The van der Waals surface area contributed by atoms with Crippen molar-refractivity contribution in [3.8, 4) is 0 Å². The van der Waals surface area contributed by atoms with Crippen LogP contribution in [0.15, 0.2) is 0 Å². The van der Waals surface area contributed by atoms with E-state index in [-0.39, 0.29) is 5.91 Å². The van der Waals surface area contributed by atoms with Gasteiger partial charge in [0.25, 0.3) is 0 Å². The smallest absolute Gasteiger partial charge is 0.220 e. The lowest BCUT2D eigenvalue weighted by atomic mass is 10.3. The second-order valence-corrected chi connectivity index (χ2v) is 3.74. The fourth-order valence-corrected chi connectivity index (χ4v) is 1.25. The minimum absolute atomic E-state index is 0.195. The third kappa shape index (κ3) is 5.94. The fraction of sp³-hybridized carbons (Fsp3) is 0.900. The molecule has 0 spiro atoms. The molecule has 0 heterocycles. The normalized spacial score (nSPS) is 15.5. The van der Waals surface area contributed by atoms with E-state index in [4.69, 9.17) is 4.74 Å². The van der Waals surface area contributed by atoms with Crippen molar-refractivity contribution in [2.45, 2.75) is 19.3 Å². The van der Waals surface area contributed by atoms with Crippen LogP contribution >= 0.6 is 0 Å². The summed E-state index contributed by atoms with van der Waals surface area (Å²) in [6, 6.07) is 0. The number of ether oxygens (including phenoxy) is 1. The molecule has 0 radical (unpaired) electrons. The summed E-state index contributed by atoms with van der Waals surface area (Å²) >= 11 is 0. The number of carbonyl (C=O) groups is 1. The fourth-order valence-electron chi connectivity index (χ4n) is 1.25. The predicted molar refractivity (Wildman–Crippen MR) is 55.1 cm³/mol. The number of hydrogen-bond acceptors (Lipinski definition) is 3. The van der Waals surface area contributed by atoms with Crippen LogP contribution in [0.5, 0.6) is 0 Å². The molecular formula is C10H20N2O2. The summed E-state index contributed by atoms with van der Waals surface area (Å²) in [4.78, 5) is 11.2. The molecule has 0 saturated heterocycles. The average molecular weight is 200 g/mol. The Morgan fingerprint density at radius 3 is 2.79 bits per heavy atom. The van der Waals surface area contributed by atoms with E-state index in [1.54, 1.807) is 7.11 Å². The Labute approximate surface area is 85.4 Å². The molecule has 0 unspecified atom stereocenters. The molecule has 1 aliphatic carbocycles. The summed E-state index contributed by atoms with van der Waals surface area (Å²) in [5.74, 6) is 0.873. The van der Waals surface area contributed by atoms with Crippen molar-refractivity contribution < 1.29 is 9.53 Å². The first-order valence-corrected chi connectivity index (χ1v) is 5.29. The topological polar surface area (TPSA) is 50.4 Å². The molecule has 4 nitrogen and oxygen atoms in total. The van der Waals surface area contributed by atoms with E-state index in [0.29, 0.717) is 5.92 Å².